The molecule has 0 radical (unpaired) electrons. The predicted octanol–water partition coefficient (Wildman–Crippen LogP) is 0.622. The van der Waals surface area contributed by atoms with Gasteiger partial charge in [-0.1, -0.05) is 17.3 Å². The summed E-state index contributed by atoms with van der Waals surface area (Å²) in [4.78, 5) is 57.4. The lowest BCUT2D eigenvalue weighted by Gasteiger charge is -2.29. The summed E-state index contributed by atoms with van der Waals surface area (Å²) in [5.74, 6) is -1.25. The van der Waals surface area contributed by atoms with E-state index in [9.17, 15) is 19.2 Å². The minimum absolute atomic E-state index is 0.205. The predicted molar refractivity (Wildman–Crippen MR) is 120 cm³/mol. The zero-order valence-electron chi connectivity index (χ0n) is 18.7. The van der Waals surface area contributed by atoms with Gasteiger partial charge in [0.25, 0.3) is 11.8 Å². The molecule has 1 saturated heterocycles. The van der Waals surface area contributed by atoms with Gasteiger partial charge in [0.1, 0.15) is 6.04 Å². The smallest absolute Gasteiger partial charge is 0.276 e. The molecule has 5 heterocycles. The Kier molecular flexibility index (Phi) is 4.90. The first-order valence-corrected chi connectivity index (χ1v) is 11.4. The number of carbonyl (C=O) groups is 4. The average molecular weight is 471 g/mol. The van der Waals surface area contributed by atoms with E-state index >= 15 is 0 Å². The molecule has 2 aromatic heterocycles. The highest BCUT2D eigenvalue weighted by Crippen LogP contribution is 2.29. The summed E-state index contributed by atoms with van der Waals surface area (Å²) in [7, 11) is 0. The van der Waals surface area contributed by atoms with Crippen LogP contribution in [0.3, 0.4) is 0 Å². The normalized spacial score (nSPS) is 19.4. The van der Waals surface area contributed by atoms with Crippen LogP contribution in [0.15, 0.2) is 42.7 Å². The van der Waals surface area contributed by atoms with Crippen molar-refractivity contribution in [3.63, 3.8) is 0 Å². The van der Waals surface area contributed by atoms with E-state index in [2.05, 4.69) is 20.6 Å². The highest BCUT2D eigenvalue weighted by molar-refractivity contribution is 6.05. The van der Waals surface area contributed by atoms with Crippen LogP contribution in [-0.2, 0) is 29.1 Å². The maximum absolute atomic E-state index is 13.1. The van der Waals surface area contributed by atoms with E-state index in [1.54, 1.807) is 29.4 Å². The molecule has 3 aromatic rings. The highest BCUT2D eigenvalue weighted by atomic mass is 16.2. The second-order valence-corrected chi connectivity index (χ2v) is 8.88. The van der Waals surface area contributed by atoms with Crippen LogP contribution in [0.2, 0.25) is 0 Å². The van der Waals surface area contributed by atoms with Crippen molar-refractivity contribution in [2.75, 3.05) is 6.54 Å². The number of piperidine rings is 1. The molecule has 3 aliphatic heterocycles. The minimum atomic E-state index is -0.670. The molecule has 6 rings (SSSR count). The van der Waals surface area contributed by atoms with Gasteiger partial charge in [-0.25, -0.2) is 4.68 Å². The van der Waals surface area contributed by atoms with Crippen LogP contribution in [0.25, 0.3) is 5.69 Å². The Morgan fingerprint density at radius 3 is 2.80 bits per heavy atom. The monoisotopic (exact) mass is 471 g/mol. The van der Waals surface area contributed by atoms with E-state index in [0.717, 1.165) is 16.8 Å². The van der Waals surface area contributed by atoms with Gasteiger partial charge in [-0.3, -0.25) is 29.5 Å². The van der Waals surface area contributed by atoms with Crippen molar-refractivity contribution >= 4 is 23.6 Å². The number of carbonyl (C=O) groups excluding carboxylic acids is 4. The first kappa shape index (κ1) is 21.1. The number of amides is 4. The Morgan fingerprint density at radius 1 is 1.06 bits per heavy atom. The number of fused-ring (bicyclic) bond motifs is 2. The van der Waals surface area contributed by atoms with Gasteiger partial charge in [-0.2, -0.15) is 0 Å². The van der Waals surface area contributed by atoms with Gasteiger partial charge >= 0.3 is 0 Å². The number of imide groups is 1. The molecule has 35 heavy (non-hydrogen) atoms. The van der Waals surface area contributed by atoms with Crippen LogP contribution in [0.1, 0.15) is 50.5 Å². The first-order chi connectivity index (χ1) is 17.0. The molecule has 4 amide bonds. The Balaban J connectivity index is 1.20. The molecule has 1 aromatic carbocycles. The van der Waals surface area contributed by atoms with E-state index in [-0.39, 0.29) is 29.8 Å². The summed E-state index contributed by atoms with van der Waals surface area (Å²) in [6, 6.07) is 8.46. The van der Waals surface area contributed by atoms with Crippen molar-refractivity contribution in [1.82, 2.24) is 35.1 Å². The second-order valence-electron chi connectivity index (χ2n) is 8.88. The van der Waals surface area contributed by atoms with Crippen molar-refractivity contribution in [3.8, 4) is 5.69 Å². The molecule has 0 spiro atoms. The third-order valence-corrected chi connectivity index (χ3v) is 6.74. The van der Waals surface area contributed by atoms with E-state index in [0.29, 0.717) is 43.7 Å². The fraction of sp³-hybridized carbons (Fsp3) is 0.292. The maximum atomic E-state index is 13.1. The SMILES string of the molecule is O=C1CCC(N2Cc3ccc(-n4cc(C(=O)N5CCc6ncccc6C5)nn4)cc3C2=O)C(=O)N1. The van der Waals surface area contributed by atoms with Gasteiger partial charge in [-0.05, 0) is 35.7 Å². The van der Waals surface area contributed by atoms with Crippen LogP contribution < -0.4 is 5.32 Å². The first-order valence-electron chi connectivity index (χ1n) is 11.4. The van der Waals surface area contributed by atoms with Crippen LogP contribution >= 0.6 is 0 Å². The summed E-state index contributed by atoms with van der Waals surface area (Å²) in [5, 5.41) is 10.5. The van der Waals surface area contributed by atoms with Crippen LogP contribution in [0.4, 0.5) is 0 Å². The minimum Gasteiger partial charge on any atom is -0.332 e. The molecule has 1 N–H and O–H groups in total. The highest BCUT2D eigenvalue weighted by Gasteiger charge is 2.39. The molecule has 176 valence electrons. The zero-order chi connectivity index (χ0) is 24.1. The van der Waals surface area contributed by atoms with Crippen LogP contribution in [-0.4, -0.2) is 66.0 Å². The largest absolute Gasteiger partial charge is 0.332 e. The van der Waals surface area contributed by atoms with Crippen molar-refractivity contribution in [2.24, 2.45) is 0 Å². The summed E-state index contributed by atoms with van der Waals surface area (Å²) in [6.45, 7) is 1.32. The van der Waals surface area contributed by atoms with E-state index in [1.165, 1.54) is 9.58 Å². The molecule has 1 unspecified atom stereocenters. The molecular weight excluding hydrogens is 450 g/mol. The quantitative estimate of drug-likeness (QED) is 0.554. The maximum Gasteiger partial charge on any atom is 0.276 e. The molecular formula is C24H21N7O4. The van der Waals surface area contributed by atoms with Crippen molar-refractivity contribution in [1.29, 1.82) is 0 Å². The van der Waals surface area contributed by atoms with Gasteiger partial charge in [0.2, 0.25) is 11.8 Å². The summed E-state index contributed by atoms with van der Waals surface area (Å²) in [6.07, 6.45) is 4.51. The zero-order valence-corrected chi connectivity index (χ0v) is 18.7. The van der Waals surface area contributed by atoms with Gasteiger partial charge < -0.3 is 9.80 Å². The number of hydrogen-bond donors (Lipinski definition) is 1. The number of hydrogen-bond acceptors (Lipinski definition) is 7. The molecule has 1 atom stereocenters. The summed E-state index contributed by atoms with van der Waals surface area (Å²) < 4.78 is 1.47. The molecule has 0 saturated carbocycles. The lowest BCUT2D eigenvalue weighted by molar-refractivity contribution is -0.136. The number of nitrogens with one attached hydrogen (secondary N) is 1. The number of aromatic nitrogens is 4. The lowest BCUT2D eigenvalue weighted by atomic mass is 10.0. The fourth-order valence-electron chi connectivity index (χ4n) is 4.87. The van der Waals surface area contributed by atoms with Crippen LogP contribution in [0.5, 0.6) is 0 Å². The van der Waals surface area contributed by atoms with Crippen molar-refractivity contribution < 1.29 is 19.2 Å². The molecule has 0 aliphatic carbocycles. The molecule has 0 bridgehead atoms. The number of rotatable bonds is 3. The standard InChI is InChI=1S/C24H21N7O4/c32-21-6-5-20(22(33)26-21)30-12-14-3-4-16(10-17(14)23(30)34)31-13-19(27-28-31)24(35)29-9-7-18-15(11-29)2-1-8-25-18/h1-4,8,10,13,20H,5-7,9,11-12H2,(H,26,32,33). The topological polar surface area (TPSA) is 130 Å². The van der Waals surface area contributed by atoms with Gasteiger partial charge in [0, 0.05) is 49.9 Å². The third kappa shape index (κ3) is 3.65. The Bertz CT molecular complexity index is 1400. The van der Waals surface area contributed by atoms with Crippen LogP contribution in [0, 0.1) is 0 Å². The van der Waals surface area contributed by atoms with Gasteiger partial charge in [0.15, 0.2) is 5.69 Å². The number of nitrogens with zero attached hydrogens (tertiary/aromatic N) is 6. The summed E-state index contributed by atoms with van der Waals surface area (Å²) >= 11 is 0. The Morgan fingerprint density at radius 2 is 1.94 bits per heavy atom. The summed E-state index contributed by atoms with van der Waals surface area (Å²) in [5.41, 5.74) is 4.10. The van der Waals surface area contributed by atoms with E-state index in [4.69, 9.17) is 0 Å². The third-order valence-electron chi connectivity index (χ3n) is 6.74. The van der Waals surface area contributed by atoms with Crippen molar-refractivity contribution in [3.05, 3.63) is 70.8 Å². The van der Waals surface area contributed by atoms with Gasteiger partial charge in [-0.15, -0.1) is 5.10 Å². The van der Waals surface area contributed by atoms with E-state index in [1.807, 2.05) is 18.2 Å². The van der Waals surface area contributed by atoms with E-state index < -0.39 is 11.9 Å². The molecule has 3 aliphatic rings. The van der Waals surface area contributed by atoms with Gasteiger partial charge in [0.05, 0.1) is 11.9 Å². The average Bonchev–Trinajstić information content (AvgIpc) is 3.48. The Hall–Kier alpha value is -4.41. The Labute approximate surface area is 199 Å². The fourth-order valence-corrected chi connectivity index (χ4v) is 4.87. The molecule has 11 nitrogen and oxygen atoms in total. The molecule has 1 fully saturated rings. The number of pyridine rings is 1. The lowest BCUT2D eigenvalue weighted by Crippen LogP contribution is -2.52. The number of benzene rings is 1. The van der Waals surface area contributed by atoms with Crippen molar-refractivity contribution in [2.45, 2.75) is 38.4 Å². The molecule has 11 heteroatoms. The second kappa shape index (κ2) is 8.12.